The summed E-state index contributed by atoms with van der Waals surface area (Å²) < 4.78 is 0. The Hall–Kier alpha value is -1.31. The minimum atomic E-state index is -0.994. The number of carbonyl (C=O) groups is 1. The molecule has 0 saturated carbocycles. The van der Waals surface area contributed by atoms with Crippen LogP contribution in [-0.4, -0.2) is 10.6 Å². The van der Waals surface area contributed by atoms with Crippen molar-refractivity contribution in [2.75, 3.05) is 0 Å². The molecule has 0 aromatic heterocycles. The first-order chi connectivity index (χ1) is 8.66. The van der Waals surface area contributed by atoms with Crippen LogP contribution < -0.4 is 0 Å². The Morgan fingerprint density at radius 3 is 2.50 bits per heavy atom. The van der Waals surface area contributed by atoms with E-state index in [9.17, 15) is 4.79 Å². The van der Waals surface area contributed by atoms with E-state index >= 15 is 0 Å². The third-order valence-electron chi connectivity index (χ3n) is 3.28. The quantitative estimate of drug-likeness (QED) is 0.505. The molecule has 3 rings (SSSR count). The Balaban J connectivity index is 2.06. The van der Waals surface area contributed by atoms with Crippen LogP contribution in [0.3, 0.4) is 0 Å². The second-order valence-corrected chi connectivity index (χ2v) is 5.47. The van der Waals surface area contributed by atoms with Crippen LogP contribution in [0.15, 0.2) is 42.5 Å². The molecule has 0 radical (unpaired) electrons. The summed E-state index contributed by atoms with van der Waals surface area (Å²) in [7, 11) is 0. The molecule has 0 amide bonds. The molecule has 0 N–H and O–H groups in total. The van der Waals surface area contributed by atoms with Gasteiger partial charge in [-0.3, -0.25) is 4.79 Å². The van der Waals surface area contributed by atoms with Crippen LogP contribution in [0.4, 0.5) is 0 Å². The summed E-state index contributed by atoms with van der Waals surface area (Å²) in [4.78, 5) is 10.8. The molecule has 1 nitrogen and oxygen atoms in total. The summed E-state index contributed by atoms with van der Waals surface area (Å²) in [6.45, 7) is 0. The Labute approximate surface area is 115 Å². The van der Waals surface area contributed by atoms with Crippen molar-refractivity contribution < 1.29 is 4.79 Å². The van der Waals surface area contributed by atoms with Gasteiger partial charge in [-0.25, -0.2) is 0 Å². The van der Waals surface area contributed by atoms with E-state index in [-0.39, 0.29) is 5.78 Å². The molecule has 1 aliphatic rings. The highest BCUT2D eigenvalue weighted by atomic mass is 35.5. The minimum absolute atomic E-state index is 0.239. The summed E-state index contributed by atoms with van der Waals surface area (Å²) in [5.74, 6) is -0.239. The third-order valence-corrected chi connectivity index (χ3v) is 3.67. The van der Waals surface area contributed by atoms with E-state index in [0.29, 0.717) is 5.56 Å². The molecule has 0 atom stereocenters. The first-order valence-electron chi connectivity index (χ1n) is 5.70. The number of benzene rings is 2. The average molecular weight is 277 g/mol. The standard InChI is InChI=1S/C15H10Cl2O/c16-15(17)14(18)10-5-6-13-11(8-10)7-9-3-1-2-4-12(9)13/h1-6,8,15H,7H2. The molecular weight excluding hydrogens is 267 g/mol. The van der Waals surface area contributed by atoms with Crippen LogP contribution in [0.1, 0.15) is 21.5 Å². The number of Topliss-reactive ketones (excluding diaryl/α,β-unsaturated/α-hetero) is 1. The second-order valence-electron chi connectivity index (χ2n) is 4.37. The molecule has 0 aliphatic heterocycles. The molecule has 0 fully saturated rings. The smallest absolute Gasteiger partial charge is 0.195 e. The van der Waals surface area contributed by atoms with Crippen molar-refractivity contribution in [3.05, 3.63) is 59.2 Å². The molecule has 1 aliphatic carbocycles. The van der Waals surface area contributed by atoms with E-state index in [1.165, 1.54) is 16.7 Å². The fraction of sp³-hybridized carbons (Fsp3) is 0.133. The van der Waals surface area contributed by atoms with Gasteiger partial charge in [0.1, 0.15) is 0 Å². The number of ketones is 1. The highest BCUT2D eigenvalue weighted by molar-refractivity contribution is 6.55. The average Bonchev–Trinajstić information content (AvgIpc) is 2.75. The summed E-state index contributed by atoms with van der Waals surface area (Å²) in [5, 5.41) is 0. The zero-order valence-electron chi connectivity index (χ0n) is 9.49. The first kappa shape index (κ1) is 11.8. The predicted molar refractivity (Wildman–Crippen MR) is 74.5 cm³/mol. The largest absolute Gasteiger partial charge is 0.291 e. The van der Waals surface area contributed by atoms with Gasteiger partial charge in [0.25, 0.3) is 0 Å². The number of fused-ring (bicyclic) bond motifs is 3. The zero-order valence-corrected chi connectivity index (χ0v) is 11.0. The molecule has 2 aromatic rings. The lowest BCUT2D eigenvalue weighted by molar-refractivity contribution is 0.101. The normalized spacial score (nSPS) is 12.4. The van der Waals surface area contributed by atoms with Gasteiger partial charge in [0.2, 0.25) is 0 Å². The summed E-state index contributed by atoms with van der Waals surface area (Å²) in [6.07, 6.45) is 0.863. The first-order valence-corrected chi connectivity index (χ1v) is 6.57. The second kappa shape index (κ2) is 4.42. The third kappa shape index (κ3) is 1.84. The highest BCUT2D eigenvalue weighted by Gasteiger charge is 2.21. The molecule has 0 saturated heterocycles. The molecule has 90 valence electrons. The van der Waals surface area contributed by atoms with Crippen molar-refractivity contribution in [1.82, 2.24) is 0 Å². The van der Waals surface area contributed by atoms with E-state index in [0.717, 1.165) is 12.0 Å². The van der Waals surface area contributed by atoms with Gasteiger partial charge in [-0.05, 0) is 34.7 Å². The fourth-order valence-electron chi connectivity index (χ4n) is 2.42. The van der Waals surface area contributed by atoms with Crippen molar-refractivity contribution in [2.24, 2.45) is 0 Å². The van der Waals surface area contributed by atoms with E-state index in [1.807, 2.05) is 24.3 Å². The summed E-state index contributed by atoms with van der Waals surface area (Å²) >= 11 is 11.2. The number of alkyl halides is 2. The Morgan fingerprint density at radius 2 is 1.72 bits per heavy atom. The molecule has 0 heterocycles. The van der Waals surface area contributed by atoms with E-state index in [2.05, 4.69) is 12.1 Å². The summed E-state index contributed by atoms with van der Waals surface area (Å²) in [6, 6.07) is 13.9. The van der Waals surface area contributed by atoms with Crippen LogP contribution >= 0.6 is 23.2 Å². The SMILES string of the molecule is O=C(c1ccc2c(c1)Cc1ccccc1-2)C(Cl)Cl. The maximum absolute atomic E-state index is 11.8. The van der Waals surface area contributed by atoms with Gasteiger partial charge >= 0.3 is 0 Å². The number of carbonyl (C=O) groups excluding carboxylic acids is 1. The summed E-state index contributed by atoms with van der Waals surface area (Å²) in [5.41, 5.74) is 5.49. The number of hydrogen-bond donors (Lipinski definition) is 0. The lowest BCUT2D eigenvalue weighted by Crippen LogP contribution is -2.08. The minimum Gasteiger partial charge on any atom is -0.291 e. The lowest BCUT2D eigenvalue weighted by atomic mass is 10.0. The van der Waals surface area contributed by atoms with Gasteiger partial charge in [0.15, 0.2) is 10.6 Å². The molecule has 18 heavy (non-hydrogen) atoms. The fourth-order valence-corrected chi connectivity index (χ4v) is 2.68. The molecule has 0 spiro atoms. The molecule has 0 bridgehead atoms. The maximum atomic E-state index is 11.8. The van der Waals surface area contributed by atoms with Crippen molar-refractivity contribution in [3.63, 3.8) is 0 Å². The van der Waals surface area contributed by atoms with Gasteiger partial charge in [0, 0.05) is 5.56 Å². The zero-order chi connectivity index (χ0) is 12.7. The highest BCUT2D eigenvalue weighted by Crippen LogP contribution is 2.36. The van der Waals surface area contributed by atoms with Gasteiger partial charge < -0.3 is 0 Å². The van der Waals surface area contributed by atoms with Gasteiger partial charge in [-0.15, -0.1) is 0 Å². The van der Waals surface area contributed by atoms with E-state index in [1.54, 1.807) is 6.07 Å². The van der Waals surface area contributed by atoms with Crippen LogP contribution in [-0.2, 0) is 6.42 Å². The Bertz CT molecular complexity index is 632. The van der Waals surface area contributed by atoms with Gasteiger partial charge in [-0.1, -0.05) is 59.6 Å². The van der Waals surface area contributed by atoms with E-state index in [4.69, 9.17) is 23.2 Å². The van der Waals surface area contributed by atoms with Crippen LogP contribution in [0.5, 0.6) is 0 Å². The molecule has 3 heteroatoms. The Kier molecular flexibility index (Phi) is 2.89. The van der Waals surface area contributed by atoms with Crippen molar-refractivity contribution in [1.29, 1.82) is 0 Å². The molecular formula is C15H10Cl2O. The van der Waals surface area contributed by atoms with E-state index < -0.39 is 4.84 Å². The topological polar surface area (TPSA) is 17.1 Å². The van der Waals surface area contributed by atoms with Crippen molar-refractivity contribution >= 4 is 29.0 Å². The maximum Gasteiger partial charge on any atom is 0.195 e. The monoisotopic (exact) mass is 276 g/mol. The van der Waals surface area contributed by atoms with Crippen LogP contribution in [0.25, 0.3) is 11.1 Å². The van der Waals surface area contributed by atoms with Crippen LogP contribution in [0.2, 0.25) is 0 Å². The van der Waals surface area contributed by atoms with Crippen molar-refractivity contribution in [3.8, 4) is 11.1 Å². The van der Waals surface area contributed by atoms with Gasteiger partial charge in [0.05, 0.1) is 0 Å². The predicted octanol–water partition coefficient (Wildman–Crippen LogP) is 4.24. The Morgan fingerprint density at radius 1 is 1.00 bits per heavy atom. The van der Waals surface area contributed by atoms with Gasteiger partial charge in [-0.2, -0.15) is 0 Å². The van der Waals surface area contributed by atoms with Crippen molar-refractivity contribution in [2.45, 2.75) is 11.3 Å². The number of hydrogen-bond acceptors (Lipinski definition) is 1. The lowest BCUT2D eigenvalue weighted by Gasteiger charge is -2.05. The number of rotatable bonds is 2. The molecule has 2 aromatic carbocycles. The van der Waals surface area contributed by atoms with Crippen LogP contribution in [0, 0.1) is 0 Å². The number of halogens is 2. The molecule has 0 unspecified atom stereocenters.